The molecule has 10 nitrogen and oxygen atoms in total. The molecule has 6 rings (SSSR count). The van der Waals surface area contributed by atoms with Gasteiger partial charge in [0.15, 0.2) is 0 Å². The Morgan fingerprint density at radius 3 is 2.36 bits per heavy atom. The first-order valence-corrected chi connectivity index (χ1v) is 17.0. The average Bonchev–Trinajstić information content (AvgIpc) is 3.11. The van der Waals surface area contributed by atoms with Crippen LogP contribution < -0.4 is 18.9 Å². The molecule has 2 aliphatic rings. The number of hydrogen-bond acceptors (Lipinski definition) is 10. The number of aryl methyl sites for hydroxylation is 1. The first-order valence-electron chi connectivity index (χ1n) is 17.0. The molecule has 0 spiro atoms. The lowest BCUT2D eigenvalue weighted by atomic mass is 9.72. The highest BCUT2D eigenvalue weighted by Gasteiger charge is 2.47. The van der Waals surface area contributed by atoms with E-state index in [1.165, 1.54) is 0 Å². The van der Waals surface area contributed by atoms with E-state index >= 15 is 0 Å². The van der Waals surface area contributed by atoms with Gasteiger partial charge in [-0.3, -0.25) is 0 Å². The van der Waals surface area contributed by atoms with Crippen LogP contribution in [-0.2, 0) is 17.6 Å². The number of ether oxygens (including phenoxy) is 5. The lowest BCUT2D eigenvalue weighted by Gasteiger charge is -2.45. The van der Waals surface area contributed by atoms with E-state index in [4.69, 9.17) is 23.7 Å². The Kier molecular flexibility index (Phi) is 11.0. The van der Waals surface area contributed by atoms with Gasteiger partial charge in [-0.1, -0.05) is 18.2 Å². The van der Waals surface area contributed by atoms with Crippen molar-refractivity contribution in [2.24, 2.45) is 11.8 Å². The van der Waals surface area contributed by atoms with Gasteiger partial charge in [0.1, 0.15) is 40.6 Å². The van der Waals surface area contributed by atoms with Gasteiger partial charge in [0.25, 0.3) is 0 Å². The van der Waals surface area contributed by atoms with Gasteiger partial charge in [0.2, 0.25) is 0 Å². The highest BCUT2D eigenvalue weighted by molar-refractivity contribution is 5.70. The highest BCUT2D eigenvalue weighted by atomic mass is 16.5. The summed E-state index contributed by atoms with van der Waals surface area (Å²) < 4.78 is 29.8. The summed E-state index contributed by atoms with van der Waals surface area (Å²) in [5.74, 6) is 1.39. The van der Waals surface area contributed by atoms with Crippen LogP contribution in [-0.4, -0.2) is 72.8 Å². The summed E-state index contributed by atoms with van der Waals surface area (Å²) in [6.07, 6.45) is 0.324. The van der Waals surface area contributed by atoms with Gasteiger partial charge in [0, 0.05) is 55.3 Å². The molecule has 0 bridgehead atoms. The van der Waals surface area contributed by atoms with Crippen LogP contribution in [0.15, 0.2) is 66.7 Å². The zero-order chi connectivity index (χ0) is 35.4. The second kappa shape index (κ2) is 15.6. The SMILES string of the molecule is COCCCC1Oc2cc(CCCO)c(OC)cc2C(O)C1C1COc2c(Cc3cc(O)ccc3-c3cccc(O)c3)cc(OC)cc2C1O. The minimum atomic E-state index is -1.03. The van der Waals surface area contributed by atoms with Crippen molar-refractivity contribution in [1.29, 1.82) is 0 Å². The molecule has 0 amide bonds. The summed E-state index contributed by atoms with van der Waals surface area (Å²) in [4.78, 5) is 0. The largest absolute Gasteiger partial charge is 0.508 e. The minimum absolute atomic E-state index is 0.0472. The quantitative estimate of drug-likeness (QED) is 0.108. The topological polar surface area (TPSA) is 147 Å². The Balaban J connectivity index is 1.36. The van der Waals surface area contributed by atoms with Crippen LogP contribution in [0.5, 0.6) is 34.5 Å². The highest BCUT2D eigenvalue weighted by Crippen LogP contribution is 2.52. The number of aromatic hydroxyl groups is 2. The maximum absolute atomic E-state index is 12.1. The normalized spacial score (nSPS) is 21.0. The van der Waals surface area contributed by atoms with Crippen LogP contribution in [0.25, 0.3) is 11.1 Å². The summed E-state index contributed by atoms with van der Waals surface area (Å²) in [5.41, 5.74) is 5.18. The third-order valence-electron chi connectivity index (χ3n) is 9.91. The van der Waals surface area contributed by atoms with E-state index < -0.39 is 30.1 Å². The van der Waals surface area contributed by atoms with Crippen molar-refractivity contribution >= 4 is 0 Å². The predicted molar refractivity (Wildman–Crippen MR) is 187 cm³/mol. The second-order valence-corrected chi connectivity index (χ2v) is 13.0. The fourth-order valence-electron chi connectivity index (χ4n) is 7.49. The van der Waals surface area contributed by atoms with Crippen LogP contribution in [0.3, 0.4) is 0 Å². The van der Waals surface area contributed by atoms with Crippen molar-refractivity contribution in [3.63, 3.8) is 0 Å². The summed E-state index contributed by atoms with van der Waals surface area (Å²) in [5, 5.41) is 54.2. The van der Waals surface area contributed by atoms with Gasteiger partial charge in [-0.25, -0.2) is 0 Å². The summed E-state index contributed by atoms with van der Waals surface area (Å²) >= 11 is 0. The molecule has 0 radical (unpaired) electrons. The monoisotopic (exact) mass is 686 g/mol. The van der Waals surface area contributed by atoms with Crippen molar-refractivity contribution < 1.29 is 49.2 Å². The number of phenolic OH excluding ortho intramolecular Hbond substituents is 2. The fourth-order valence-corrected chi connectivity index (χ4v) is 7.49. The van der Waals surface area contributed by atoms with Gasteiger partial charge in [-0.15, -0.1) is 0 Å². The zero-order valence-electron chi connectivity index (χ0n) is 28.7. The van der Waals surface area contributed by atoms with Gasteiger partial charge >= 0.3 is 0 Å². The zero-order valence-corrected chi connectivity index (χ0v) is 28.7. The van der Waals surface area contributed by atoms with Gasteiger partial charge in [0.05, 0.1) is 33.0 Å². The molecule has 0 saturated heterocycles. The number of aliphatic hydroxyl groups is 3. The number of fused-ring (bicyclic) bond motifs is 2. The molecule has 2 aliphatic heterocycles. The maximum atomic E-state index is 12.1. The van der Waals surface area contributed by atoms with E-state index in [9.17, 15) is 25.5 Å². The molecule has 0 saturated carbocycles. The molecule has 5 unspecified atom stereocenters. The first kappa shape index (κ1) is 35.3. The molecule has 5 atom stereocenters. The first-order chi connectivity index (χ1) is 24.3. The summed E-state index contributed by atoms with van der Waals surface area (Å²) in [6, 6.07) is 19.4. The van der Waals surface area contributed by atoms with Crippen LogP contribution in [0, 0.1) is 11.8 Å². The minimum Gasteiger partial charge on any atom is -0.508 e. The number of phenols is 2. The van der Waals surface area contributed by atoms with Crippen LogP contribution >= 0.6 is 0 Å². The maximum Gasteiger partial charge on any atom is 0.128 e. The lowest BCUT2D eigenvalue weighted by molar-refractivity contribution is -0.0889. The number of benzene rings is 4. The molecule has 50 heavy (non-hydrogen) atoms. The Labute approximate surface area is 292 Å². The molecule has 0 aliphatic carbocycles. The number of aliphatic hydroxyl groups excluding tert-OH is 3. The summed E-state index contributed by atoms with van der Waals surface area (Å²) in [6.45, 7) is 0.693. The third kappa shape index (κ3) is 7.20. The van der Waals surface area contributed by atoms with Crippen LogP contribution in [0.1, 0.15) is 59.3 Å². The van der Waals surface area contributed by atoms with Crippen molar-refractivity contribution in [2.75, 3.05) is 41.2 Å². The Hall–Kier alpha value is -4.48. The van der Waals surface area contributed by atoms with E-state index in [0.717, 1.165) is 27.8 Å². The van der Waals surface area contributed by atoms with Gasteiger partial charge in [-0.2, -0.15) is 0 Å². The molecule has 5 N–H and O–H groups in total. The van der Waals surface area contributed by atoms with E-state index in [-0.39, 0.29) is 24.7 Å². The molecule has 4 aromatic rings. The van der Waals surface area contributed by atoms with Crippen LogP contribution in [0.4, 0.5) is 0 Å². The molecule has 2 heterocycles. The van der Waals surface area contributed by atoms with Crippen molar-refractivity contribution in [3.05, 3.63) is 94.5 Å². The molecular formula is C40H46O10. The molecule has 0 fully saturated rings. The van der Waals surface area contributed by atoms with E-state index in [1.54, 1.807) is 63.8 Å². The van der Waals surface area contributed by atoms with Gasteiger partial charge in [-0.05, 0) is 96.5 Å². The lowest BCUT2D eigenvalue weighted by Crippen LogP contribution is -2.46. The fraction of sp³-hybridized carbons (Fsp3) is 0.400. The van der Waals surface area contributed by atoms with Gasteiger partial charge < -0.3 is 49.2 Å². The van der Waals surface area contributed by atoms with E-state index in [2.05, 4.69) is 0 Å². The Morgan fingerprint density at radius 1 is 0.800 bits per heavy atom. The van der Waals surface area contributed by atoms with Crippen molar-refractivity contribution in [1.82, 2.24) is 0 Å². The number of rotatable bonds is 13. The molecule has 0 aromatic heterocycles. The van der Waals surface area contributed by atoms with Crippen molar-refractivity contribution in [2.45, 2.75) is 50.4 Å². The smallest absolute Gasteiger partial charge is 0.128 e. The van der Waals surface area contributed by atoms with Crippen LogP contribution in [0.2, 0.25) is 0 Å². The molecular weight excluding hydrogens is 640 g/mol. The third-order valence-corrected chi connectivity index (χ3v) is 9.91. The molecule has 10 heteroatoms. The standard InChI is InChI=1S/C40H46O10/c1-46-14-6-10-34-37(39(45)31-21-35(48-3)24(8-5-13-41)19-36(31)50-34)33-22-49-40-26(18-29(47-2)20-32(40)38(33)44)15-25-17-28(43)11-12-30(25)23-7-4-9-27(42)16-23/h4,7,9,11-12,16-21,33-34,37-39,41-45H,5-6,8,10,13-15,22H2,1-3H3. The number of methoxy groups -OCH3 is 3. The van der Waals surface area contributed by atoms with E-state index in [0.29, 0.717) is 72.8 Å². The summed E-state index contributed by atoms with van der Waals surface area (Å²) in [7, 11) is 4.79. The Bertz CT molecular complexity index is 1790. The second-order valence-electron chi connectivity index (χ2n) is 13.0. The average molecular weight is 687 g/mol. The van der Waals surface area contributed by atoms with E-state index in [1.807, 2.05) is 24.3 Å². The number of hydrogen-bond donors (Lipinski definition) is 5. The Morgan fingerprint density at radius 2 is 1.62 bits per heavy atom. The molecule has 4 aromatic carbocycles. The molecule has 266 valence electrons. The predicted octanol–water partition coefficient (Wildman–Crippen LogP) is 5.88. The van der Waals surface area contributed by atoms with Crippen molar-refractivity contribution in [3.8, 4) is 45.6 Å².